The molecular formula is C8H19NO2S. The molecule has 3 nitrogen and oxygen atoms in total. The number of hydrogen-bond donors (Lipinski definition) is 0. The monoisotopic (exact) mass is 193 g/mol. The zero-order valence-electron chi connectivity index (χ0n) is 8.21. The third-order valence-corrected chi connectivity index (χ3v) is 1.55. The minimum atomic E-state index is -0.611. The van der Waals surface area contributed by atoms with E-state index < -0.39 is 10.8 Å². The SMILES string of the molecule is CCN1CCOCC1.CS(C)=O. The van der Waals surface area contributed by atoms with Crippen LogP contribution in [-0.4, -0.2) is 54.5 Å². The summed E-state index contributed by atoms with van der Waals surface area (Å²) in [4.78, 5) is 2.39. The summed E-state index contributed by atoms with van der Waals surface area (Å²) in [7, 11) is -0.611. The van der Waals surface area contributed by atoms with Gasteiger partial charge in [0.2, 0.25) is 0 Å². The molecule has 0 bridgehead atoms. The topological polar surface area (TPSA) is 29.5 Å². The molecule has 0 aliphatic carbocycles. The van der Waals surface area contributed by atoms with Gasteiger partial charge in [-0.05, 0) is 6.54 Å². The Morgan fingerprint density at radius 3 is 2.00 bits per heavy atom. The first-order valence-corrected chi connectivity index (χ1v) is 6.18. The van der Waals surface area contributed by atoms with Crippen molar-refractivity contribution in [1.82, 2.24) is 4.90 Å². The highest BCUT2D eigenvalue weighted by Crippen LogP contribution is 1.93. The quantitative estimate of drug-likeness (QED) is 0.601. The largest absolute Gasteiger partial charge is 0.379 e. The van der Waals surface area contributed by atoms with Gasteiger partial charge in [0, 0.05) is 36.4 Å². The average molecular weight is 193 g/mol. The van der Waals surface area contributed by atoms with Crippen LogP contribution in [-0.2, 0) is 15.5 Å². The predicted molar refractivity (Wildman–Crippen MR) is 52.9 cm³/mol. The van der Waals surface area contributed by atoms with Crippen molar-refractivity contribution in [3.8, 4) is 0 Å². The van der Waals surface area contributed by atoms with E-state index in [1.165, 1.54) is 6.54 Å². The summed E-state index contributed by atoms with van der Waals surface area (Å²) < 4.78 is 14.7. The number of hydrogen-bond acceptors (Lipinski definition) is 3. The first-order chi connectivity index (χ1) is 5.66. The van der Waals surface area contributed by atoms with Crippen molar-refractivity contribution in [2.24, 2.45) is 0 Å². The summed E-state index contributed by atoms with van der Waals surface area (Å²) in [6, 6.07) is 0. The Hall–Kier alpha value is 0.0700. The molecule has 0 N–H and O–H groups in total. The molecule has 0 spiro atoms. The molecule has 1 saturated heterocycles. The Morgan fingerprint density at radius 2 is 1.75 bits per heavy atom. The standard InChI is InChI=1S/C6H13NO.C2H6OS/c1-2-7-3-5-8-6-4-7;1-4(2)3/h2-6H2,1H3;1-2H3. The fourth-order valence-electron chi connectivity index (χ4n) is 0.917. The highest BCUT2D eigenvalue weighted by atomic mass is 32.2. The van der Waals surface area contributed by atoms with Crippen LogP contribution in [0.3, 0.4) is 0 Å². The van der Waals surface area contributed by atoms with Crippen molar-refractivity contribution >= 4 is 10.8 Å². The lowest BCUT2D eigenvalue weighted by atomic mass is 10.4. The summed E-state index contributed by atoms with van der Waals surface area (Å²) in [5, 5.41) is 0. The second-order valence-electron chi connectivity index (χ2n) is 2.79. The second-order valence-corrected chi connectivity index (χ2v) is 4.27. The summed E-state index contributed by atoms with van der Waals surface area (Å²) in [6.07, 6.45) is 3.28. The van der Waals surface area contributed by atoms with E-state index in [0.717, 1.165) is 26.3 Å². The molecule has 1 aliphatic rings. The van der Waals surface area contributed by atoms with Crippen molar-refractivity contribution < 1.29 is 8.95 Å². The van der Waals surface area contributed by atoms with Crippen molar-refractivity contribution in [3.63, 3.8) is 0 Å². The minimum Gasteiger partial charge on any atom is -0.379 e. The van der Waals surface area contributed by atoms with E-state index in [9.17, 15) is 4.21 Å². The Balaban J connectivity index is 0.000000261. The minimum absolute atomic E-state index is 0.611. The van der Waals surface area contributed by atoms with Crippen molar-refractivity contribution in [1.29, 1.82) is 0 Å². The lowest BCUT2D eigenvalue weighted by molar-refractivity contribution is 0.0405. The third-order valence-electron chi connectivity index (χ3n) is 1.55. The zero-order chi connectivity index (χ0) is 9.40. The van der Waals surface area contributed by atoms with Crippen LogP contribution < -0.4 is 0 Å². The summed E-state index contributed by atoms with van der Waals surface area (Å²) >= 11 is 0. The van der Waals surface area contributed by atoms with Crippen LogP contribution in [0.25, 0.3) is 0 Å². The molecule has 1 rings (SSSR count). The van der Waals surface area contributed by atoms with Crippen molar-refractivity contribution in [3.05, 3.63) is 0 Å². The molecule has 0 saturated carbocycles. The summed E-state index contributed by atoms with van der Waals surface area (Å²) in [6.45, 7) is 7.45. The molecule has 0 atom stereocenters. The van der Waals surface area contributed by atoms with Gasteiger partial charge in [-0.3, -0.25) is 9.11 Å². The number of likely N-dealkylation sites (N-methyl/N-ethyl adjacent to an activating group) is 1. The van der Waals surface area contributed by atoms with Crippen molar-refractivity contribution in [2.45, 2.75) is 6.92 Å². The number of nitrogens with zero attached hydrogens (tertiary/aromatic N) is 1. The van der Waals surface area contributed by atoms with Crippen LogP contribution in [0, 0.1) is 0 Å². The Morgan fingerprint density at radius 1 is 1.33 bits per heavy atom. The first-order valence-electron chi connectivity index (χ1n) is 4.22. The fraction of sp³-hybridized carbons (Fsp3) is 1.00. The van der Waals surface area contributed by atoms with Gasteiger partial charge in [-0.25, -0.2) is 0 Å². The number of rotatable bonds is 1. The lowest BCUT2D eigenvalue weighted by Gasteiger charge is -2.24. The van der Waals surface area contributed by atoms with Gasteiger partial charge in [0.15, 0.2) is 0 Å². The number of ether oxygens (including phenoxy) is 1. The second kappa shape index (κ2) is 7.71. The Labute approximate surface area is 77.5 Å². The highest BCUT2D eigenvalue weighted by molar-refractivity contribution is 7.83. The molecule has 74 valence electrons. The maximum Gasteiger partial charge on any atom is 0.0594 e. The van der Waals surface area contributed by atoms with E-state index >= 15 is 0 Å². The molecule has 12 heavy (non-hydrogen) atoms. The van der Waals surface area contributed by atoms with Gasteiger partial charge in [-0.1, -0.05) is 6.92 Å². The van der Waals surface area contributed by atoms with Gasteiger partial charge in [-0.15, -0.1) is 0 Å². The molecule has 1 aliphatic heterocycles. The van der Waals surface area contributed by atoms with E-state index in [2.05, 4.69) is 11.8 Å². The third kappa shape index (κ3) is 8.17. The van der Waals surface area contributed by atoms with Crippen LogP contribution in [0.15, 0.2) is 0 Å². The lowest BCUT2D eigenvalue weighted by Crippen LogP contribution is -2.35. The summed E-state index contributed by atoms with van der Waals surface area (Å²) in [5.41, 5.74) is 0. The maximum atomic E-state index is 9.56. The normalized spacial score (nSPS) is 18.7. The average Bonchev–Trinajstić information content (AvgIpc) is 2.05. The number of morpholine rings is 1. The van der Waals surface area contributed by atoms with Gasteiger partial charge in [0.25, 0.3) is 0 Å². The van der Waals surface area contributed by atoms with E-state index in [4.69, 9.17) is 4.74 Å². The molecule has 0 aromatic rings. The van der Waals surface area contributed by atoms with E-state index in [1.54, 1.807) is 12.5 Å². The van der Waals surface area contributed by atoms with Gasteiger partial charge in [0.1, 0.15) is 0 Å². The molecule has 1 heterocycles. The summed E-state index contributed by atoms with van der Waals surface area (Å²) in [5.74, 6) is 0. The molecule has 0 aromatic carbocycles. The van der Waals surface area contributed by atoms with Gasteiger partial charge >= 0.3 is 0 Å². The van der Waals surface area contributed by atoms with Crippen molar-refractivity contribution in [2.75, 3.05) is 45.4 Å². The molecule has 0 aromatic heterocycles. The van der Waals surface area contributed by atoms with Gasteiger partial charge in [-0.2, -0.15) is 0 Å². The van der Waals surface area contributed by atoms with E-state index in [-0.39, 0.29) is 0 Å². The van der Waals surface area contributed by atoms with Crippen LogP contribution in [0.2, 0.25) is 0 Å². The van der Waals surface area contributed by atoms with Crippen LogP contribution in [0.1, 0.15) is 6.92 Å². The zero-order valence-corrected chi connectivity index (χ0v) is 9.02. The van der Waals surface area contributed by atoms with Crippen LogP contribution in [0.4, 0.5) is 0 Å². The fourth-order valence-corrected chi connectivity index (χ4v) is 0.917. The smallest absolute Gasteiger partial charge is 0.0594 e. The maximum absolute atomic E-state index is 9.56. The Kier molecular flexibility index (Phi) is 7.75. The molecule has 4 heteroatoms. The van der Waals surface area contributed by atoms with Crippen LogP contribution >= 0.6 is 0 Å². The molecule has 0 radical (unpaired) electrons. The Bertz CT molecular complexity index is 120. The first kappa shape index (κ1) is 12.1. The van der Waals surface area contributed by atoms with Gasteiger partial charge < -0.3 is 4.74 Å². The predicted octanol–water partition coefficient (Wildman–Crippen LogP) is 0.333. The molecule has 0 unspecified atom stereocenters. The van der Waals surface area contributed by atoms with Crippen LogP contribution in [0.5, 0.6) is 0 Å². The van der Waals surface area contributed by atoms with E-state index in [1.807, 2.05) is 0 Å². The molecular weight excluding hydrogens is 174 g/mol. The highest BCUT2D eigenvalue weighted by Gasteiger charge is 2.05. The van der Waals surface area contributed by atoms with E-state index in [0.29, 0.717) is 0 Å². The molecule has 1 fully saturated rings. The van der Waals surface area contributed by atoms with Gasteiger partial charge in [0.05, 0.1) is 13.2 Å². The molecule has 0 amide bonds.